The van der Waals surface area contributed by atoms with Crippen molar-refractivity contribution in [3.8, 4) is 0 Å². The molecule has 0 N–H and O–H groups in total. The summed E-state index contributed by atoms with van der Waals surface area (Å²) in [7, 11) is 0. The minimum absolute atomic E-state index is 0.380. The molecule has 0 fully saturated rings. The molecular formula is C8H7ClN2O. The summed E-state index contributed by atoms with van der Waals surface area (Å²) in [6.45, 7) is 3.73. The number of aryl methyl sites for hydroxylation is 2. The van der Waals surface area contributed by atoms with Crippen molar-refractivity contribution in [3.05, 3.63) is 22.8 Å². The second-order valence-corrected chi connectivity index (χ2v) is 3.02. The topological polar surface area (TPSA) is 38.9 Å². The van der Waals surface area contributed by atoms with Crippen LogP contribution in [-0.4, -0.2) is 9.97 Å². The van der Waals surface area contributed by atoms with Gasteiger partial charge in [0.05, 0.1) is 6.26 Å². The highest BCUT2D eigenvalue weighted by atomic mass is 35.5. The summed E-state index contributed by atoms with van der Waals surface area (Å²) in [5.74, 6) is 0.664. The minimum Gasteiger partial charge on any atom is -0.459 e. The number of hydrogen-bond acceptors (Lipinski definition) is 3. The van der Waals surface area contributed by atoms with Gasteiger partial charge in [-0.05, 0) is 13.8 Å². The van der Waals surface area contributed by atoms with Crippen molar-refractivity contribution in [2.45, 2.75) is 13.8 Å². The average molecular weight is 183 g/mol. The van der Waals surface area contributed by atoms with E-state index in [9.17, 15) is 0 Å². The van der Waals surface area contributed by atoms with Crippen LogP contribution >= 0.6 is 11.6 Å². The Hall–Kier alpha value is -1.09. The van der Waals surface area contributed by atoms with E-state index in [0.717, 1.165) is 11.1 Å². The lowest BCUT2D eigenvalue weighted by molar-refractivity contribution is 0.610. The third-order valence-corrected chi connectivity index (χ3v) is 1.92. The Kier molecular flexibility index (Phi) is 1.54. The van der Waals surface area contributed by atoms with Gasteiger partial charge in [0.2, 0.25) is 0 Å². The molecule has 0 aliphatic rings. The molecule has 0 radical (unpaired) electrons. The predicted molar refractivity (Wildman–Crippen MR) is 46.3 cm³/mol. The largest absolute Gasteiger partial charge is 0.459 e. The Bertz CT molecular complexity index is 436. The number of furan rings is 1. The smallest absolute Gasteiger partial charge is 0.189 e. The number of nitrogens with zero attached hydrogens (tertiary/aromatic N) is 2. The molecule has 2 rings (SSSR count). The Morgan fingerprint density at radius 1 is 1.33 bits per heavy atom. The van der Waals surface area contributed by atoms with Crippen molar-refractivity contribution in [2.75, 3.05) is 0 Å². The molecule has 0 saturated heterocycles. The van der Waals surface area contributed by atoms with Gasteiger partial charge in [0, 0.05) is 5.56 Å². The van der Waals surface area contributed by atoms with Gasteiger partial charge in [0.1, 0.15) is 11.3 Å². The molecule has 12 heavy (non-hydrogen) atoms. The third-order valence-electron chi connectivity index (χ3n) is 1.66. The van der Waals surface area contributed by atoms with E-state index >= 15 is 0 Å². The maximum Gasteiger partial charge on any atom is 0.189 e. The van der Waals surface area contributed by atoms with Crippen LogP contribution in [0.25, 0.3) is 11.1 Å². The average Bonchev–Trinajstić information content (AvgIpc) is 2.33. The summed E-state index contributed by atoms with van der Waals surface area (Å²) in [4.78, 5) is 8.18. The van der Waals surface area contributed by atoms with E-state index in [4.69, 9.17) is 16.0 Å². The summed E-state index contributed by atoms with van der Waals surface area (Å²) in [5, 5.41) is 0.380. The molecule has 0 aliphatic heterocycles. The Balaban J connectivity index is 2.92. The van der Waals surface area contributed by atoms with Crippen molar-refractivity contribution in [1.29, 1.82) is 0 Å². The normalized spacial score (nSPS) is 10.9. The van der Waals surface area contributed by atoms with Crippen LogP contribution < -0.4 is 0 Å². The zero-order valence-electron chi connectivity index (χ0n) is 6.76. The van der Waals surface area contributed by atoms with Gasteiger partial charge in [0.15, 0.2) is 10.7 Å². The van der Waals surface area contributed by atoms with E-state index in [0.29, 0.717) is 16.6 Å². The molecule has 62 valence electrons. The predicted octanol–water partition coefficient (Wildman–Crippen LogP) is 2.49. The number of aromatic nitrogens is 2. The highest BCUT2D eigenvalue weighted by Gasteiger charge is 2.08. The van der Waals surface area contributed by atoms with E-state index in [1.807, 2.05) is 6.92 Å². The summed E-state index contributed by atoms with van der Waals surface area (Å²) in [5.41, 5.74) is 2.35. The summed E-state index contributed by atoms with van der Waals surface area (Å²) in [6, 6.07) is 0. The molecule has 4 heteroatoms. The van der Waals surface area contributed by atoms with Crippen LogP contribution in [0, 0.1) is 13.8 Å². The second-order valence-electron chi connectivity index (χ2n) is 2.66. The van der Waals surface area contributed by atoms with Crippen molar-refractivity contribution in [2.24, 2.45) is 0 Å². The van der Waals surface area contributed by atoms with E-state index in [1.165, 1.54) is 0 Å². The molecule has 0 aliphatic carbocycles. The Morgan fingerprint density at radius 3 is 2.83 bits per heavy atom. The standard InChI is InChI=1S/C8H7ClN2O/c1-4-3-12-7-6(4)10-5(2)11-8(7)9/h3H,1-2H3. The fourth-order valence-electron chi connectivity index (χ4n) is 1.10. The van der Waals surface area contributed by atoms with Gasteiger partial charge in [-0.25, -0.2) is 9.97 Å². The Morgan fingerprint density at radius 2 is 2.08 bits per heavy atom. The van der Waals surface area contributed by atoms with E-state index in [-0.39, 0.29) is 0 Å². The van der Waals surface area contributed by atoms with E-state index in [2.05, 4.69) is 9.97 Å². The van der Waals surface area contributed by atoms with Gasteiger partial charge in [0.25, 0.3) is 0 Å². The molecule has 0 amide bonds. The van der Waals surface area contributed by atoms with Gasteiger partial charge < -0.3 is 4.42 Å². The highest BCUT2D eigenvalue weighted by Crippen LogP contribution is 2.23. The van der Waals surface area contributed by atoms with Crippen LogP contribution in [-0.2, 0) is 0 Å². The first-order valence-corrected chi connectivity index (χ1v) is 3.94. The molecule has 2 heterocycles. The zero-order valence-corrected chi connectivity index (χ0v) is 7.51. The lowest BCUT2D eigenvalue weighted by Gasteiger charge is -1.93. The first-order valence-electron chi connectivity index (χ1n) is 3.56. The SMILES string of the molecule is Cc1nc(Cl)c2occ(C)c2n1. The minimum atomic E-state index is 0.380. The number of hydrogen-bond donors (Lipinski definition) is 0. The molecule has 2 aromatic heterocycles. The fourth-order valence-corrected chi connectivity index (χ4v) is 1.36. The summed E-state index contributed by atoms with van der Waals surface area (Å²) in [6.07, 6.45) is 1.63. The van der Waals surface area contributed by atoms with Gasteiger partial charge >= 0.3 is 0 Å². The van der Waals surface area contributed by atoms with Crippen LogP contribution in [0.15, 0.2) is 10.7 Å². The molecule has 0 aromatic carbocycles. The van der Waals surface area contributed by atoms with Crippen LogP contribution in [0.2, 0.25) is 5.15 Å². The lowest BCUT2D eigenvalue weighted by Crippen LogP contribution is -1.88. The summed E-state index contributed by atoms with van der Waals surface area (Å²) < 4.78 is 5.18. The van der Waals surface area contributed by atoms with Crippen LogP contribution in [0.5, 0.6) is 0 Å². The molecule has 0 unspecified atom stereocenters. The number of rotatable bonds is 0. The first-order chi connectivity index (χ1) is 5.68. The van der Waals surface area contributed by atoms with Crippen molar-refractivity contribution >= 4 is 22.7 Å². The zero-order chi connectivity index (χ0) is 8.72. The van der Waals surface area contributed by atoms with E-state index < -0.39 is 0 Å². The quantitative estimate of drug-likeness (QED) is 0.588. The maximum absolute atomic E-state index is 5.83. The van der Waals surface area contributed by atoms with Crippen LogP contribution in [0.3, 0.4) is 0 Å². The van der Waals surface area contributed by atoms with Gasteiger partial charge in [-0.15, -0.1) is 0 Å². The molecule has 0 atom stereocenters. The van der Waals surface area contributed by atoms with Gasteiger partial charge in [-0.3, -0.25) is 0 Å². The highest BCUT2D eigenvalue weighted by molar-refractivity contribution is 6.33. The lowest BCUT2D eigenvalue weighted by atomic mass is 10.3. The molecule has 3 nitrogen and oxygen atoms in total. The van der Waals surface area contributed by atoms with Gasteiger partial charge in [-0.1, -0.05) is 11.6 Å². The van der Waals surface area contributed by atoms with Crippen molar-refractivity contribution in [1.82, 2.24) is 9.97 Å². The molecule has 0 spiro atoms. The number of halogens is 1. The molecule has 2 aromatic rings. The first kappa shape index (κ1) is 7.55. The molecular weight excluding hydrogens is 176 g/mol. The monoisotopic (exact) mass is 182 g/mol. The fraction of sp³-hybridized carbons (Fsp3) is 0.250. The van der Waals surface area contributed by atoms with E-state index in [1.54, 1.807) is 13.2 Å². The molecule has 0 saturated carbocycles. The second kappa shape index (κ2) is 2.45. The van der Waals surface area contributed by atoms with Crippen LogP contribution in [0.4, 0.5) is 0 Å². The van der Waals surface area contributed by atoms with Crippen molar-refractivity contribution in [3.63, 3.8) is 0 Å². The number of fused-ring (bicyclic) bond motifs is 1. The molecule has 0 bridgehead atoms. The Labute approximate surface area is 74.4 Å². The maximum atomic E-state index is 5.83. The summed E-state index contributed by atoms with van der Waals surface area (Å²) >= 11 is 5.83. The van der Waals surface area contributed by atoms with Crippen LogP contribution in [0.1, 0.15) is 11.4 Å². The van der Waals surface area contributed by atoms with Gasteiger partial charge in [-0.2, -0.15) is 0 Å². The van der Waals surface area contributed by atoms with Crippen molar-refractivity contribution < 1.29 is 4.42 Å². The third kappa shape index (κ3) is 0.975.